The van der Waals surface area contributed by atoms with Crippen LogP contribution in [0.1, 0.15) is 44.2 Å². The first kappa shape index (κ1) is 20.6. The van der Waals surface area contributed by atoms with Gasteiger partial charge in [-0.25, -0.2) is 4.79 Å². The van der Waals surface area contributed by atoms with E-state index in [1.807, 2.05) is 24.3 Å². The number of benzene rings is 1. The van der Waals surface area contributed by atoms with Gasteiger partial charge >= 0.3 is 6.03 Å². The SMILES string of the molecule is CC(C)(CNC(=O)NCCSCc1ccccc1C#N)N1CCCCC1. The van der Waals surface area contributed by atoms with Crippen LogP contribution in [-0.4, -0.2) is 48.4 Å². The summed E-state index contributed by atoms with van der Waals surface area (Å²) in [6.45, 7) is 7.91. The van der Waals surface area contributed by atoms with E-state index >= 15 is 0 Å². The lowest BCUT2D eigenvalue weighted by atomic mass is 9.98. The molecule has 142 valence electrons. The molecule has 1 aliphatic rings. The summed E-state index contributed by atoms with van der Waals surface area (Å²) in [5.41, 5.74) is 1.77. The second-order valence-corrected chi connectivity index (χ2v) is 8.40. The van der Waals surface area contributed by atoms with Crippen molar-refractivity contribution in [1.29, 1.82) is 5.26 Å². The zero-order valence-electron chi connectivity index (χ0n) is 15.9. The minimum atomic E-state index is -0.104. The predicted molar refractivity (Wildman–Crippen MR) is 108 cm³/mol. The lowest BCUT2D eigenvalue weighted by Gasteiger charge is -2.41. The van der Waals surface area contributed by atoms with Crippen LogP contribution in [0.15, 0.2) is 24.3 Å². The number of nitriles is 1. The quantitative estimate of drug-likeness (QED) is 0.685. The minimum Gasteiger partial charge on any atom is -0.337 e. The van der Waals surface area contributed by atoms with Crippen LogP contribution in [0, 0.1) is 11.3 Å². The molecule has 0 bridgehead atoms. The molecule has 1 fully saturated rings. The van der Waals surface area contributed by atoms with Crippen molar-refractivity contribution in [3.63, 3.8) is 0 Å². The Labute approximate surface area is 161 Å². The Kier molecular flexibility index (Phi) is 8.27. The van der Waals surface area contributed by atoms with E-state index in [4.69, 9.17) is 5.26 Å². The van der Waals surface area contributed by atoms with Crippen molar-refractivity contribution in [3.8, 4) is 6.07 Å². The first-order valence-electron chi connectivity index (χ1n) is 9.35. The Morgan fingerprint density at radius 3 is 2.69 bits per heavy atom. The van der Waals surface area contributed by atoms with E-state index in [1.165, 1.54) is 19.3 Å². The largest absolute Gasteiger partial charge is 0.337 e. The fourth-order valence-electron chi connectivity index (χ4n) is 3.14. The molecule has 1 heterocycles. The maximum Gasteiger partial charge on any atom is 0.314 e. The smallest absolute Gasteiger partial charge is 0.314 e. The van der Waals surface area contributed by atoms with Gasteiger partial charge in [-0.2, -0.15) is 17.0 Å². The molecule has 0 spiro atoms. The summed E-state index contributed by atoms with van der Waals surface area (Å²) in [5, 5.41) is 15.0. The second-order valence-electron chi connectivity index (χ2n) is 7.29. The molecule has 26 heavy (non-hydrogen) atoms. The molecule has 2 amide bonds. The molecule has 0 aliphatic carbocycles. The fourth-order valence-corrected chi connectivity index (χ4v) is 4.01. The lowest BCUT2D eigenvalue weighted by molar-refractivity contribution is 0.0960. The number of thioether (sulfide) groups is 1. The molecular formula is C20H30N4OS. The Hall–Kier alpha value is -1.71. The molecular weight excluding hydrogens is 344 g/mol. The van der Waals surface area contributed by atoms with E-state index in [2.05, 4.69) is 35.5 Å². The number of piperidine rings is 1. The zero-order valence-corrected chi connectivity index (χ0v) is 16.7. The maximum absolute atomic E-state index is 12.0. The molecule has 5 nitrogen and oxygen atoms in total. The fraction of sp³-hybridized carbons (Fsp3) is 0.600. The van der Waals surface area contributed by atoms with E-state index in [9.17, 15) is 4.79 Å². The van der Waals surface area contributed by atoms with Gasteiger partial charge in [-0.15, -0.1) is 0 Å². The van der Waals surface area contributed by atoms with Crippen LogP contribution in [0.4, 0.5) is 4.79 Å². The summed E-state index contributed by atoms with van der Waals surface area (Å²) in [7, 11) is 0. The van der Waals surface area contributed by atoms with Gasteiger partial charge in [-0.3, -0.25) is 4.90 Å². The van der Waals surface area contributed by atoms with Crippen molar-refractivity contribution >= 4 is 17.8 Å². The Morgan fingerprint density at radius 2 is 1.96 bits per heavy atom. The maximum atomic E-state index is 12.0. The Bertz CT molecular complexity index is 620. The van der Waals surface area contributed by atoms with Crippen LogP contribution >= 0.6 is 11.8 Å². The molecule has 6 heteroatoms. The first-order valence-corrected chi connectivity index (χ1v) is 10.5. The van der Waals surface area contributed by atoms with Crippen molar-refractivity contribution in [2.75, 3.05) is 31.9 Å². The molecule has 1 aromatic carbocycles. The number of carbonyl (C=O) groups is 1. The highest BCUT2D eigenvalue weighted by molar-refractivity contribution is 7.98. The number of amides is 2. The van der Waals surface area contributed by atoms with Gasteiger partial charge in [-0.05, 0) is 51.4 Å². The first-order chi connectivity index (χ1) is 12.5. The number of nitrogens with zero attached hydrogens (tertiary/aromatic N) is 2. The van der Waals surface area contributed by atoms with Gasteiger partial charge in [0.2, 0.25) is 0 Å². The standard InChI is InChI=1S/C20H30N4OS/c1-20(2,24-11-6-3-7-12-24)16-23-19(25)22-10-13-26-15-18-9-5-4-8-17(18)14-21/h4-5,8-9H,3,6-7,10-13,15-16H2,1-2H3,(H2,22,23,25). The average molecular weight is 375 g/mol. The minimum absolute atomic E-state index is 0.00643. The van der Waals surface area contributed by atoms with Gasteiger partial charge in [0.1, 0.15) is 0 Å². The van der Waals surface area contributed by atoms with E-state index in [-0.39, 0.29) is 11.6 Å². The summed E-state index contributed by atoms with van der Waals surface area (Å²) < 4.78 is 0. The number of nitrogens with one attached hydrogen (secondary N) is 2. The monoisotopic (exact) mass is 374 g/mol. The molecule has 0 atom stereocenters. The van der Waals surface area contributed by atoms with E-state index in [1.54, 1.807) is 11.8 Å². The summed E-state index contributed by atoms with van der Waals surface area (Å²) in [6, 6.07) is 9.76. The number of hydrogen-bond donors (Lipinski definition) is 2. The van der Waals surface area contributed by atoms with Crippen molar-refractivity contribution in [2.45, 2.75) is 44.4 Å². The highest BCUT2D eigenvalue weighted by Gasteiger charge is 2.28. The van der Waals surface area contributed by atoms with E-state index in [0.29, 0.717) is 13.1 Å². The number of urea groups is 1. The van der Waals surface area contributed by atoms with Crippen LogP contribution < -0.4 is 10.6 Å². The van der Waals surface area contributed by atoms with Gasteiger partial charge in [0.25, 0.3) is 0 Å². The molecule has 1 aliphatic heterocycles. The van der Waals surface area contributed by atoms with E-state index in [0.717, 1.165) is 35.7 Å². The highest BCUT2D eigenvalue weighted by atomic mass is 32.2. The highest BCUT2D eigenvalue weighted by Crippen LogP contribution is 2.19. The second kappa shape index (κ2) is 10.4. The molecule has 1 aromatic rings. The number of hydrogen-bond acceptors (Lipinski definition) is 4. The normalized spacial score (nSPS) is 15.3. The molecule has 0 unspecified atom stereocenters. The van der Waals surface area contributed by atoms with Crippen LogP contribution in [0.5, 0.6) is 0 Å². The van der Waals surface area contributed by atoms with Crippen LogP contribution in [-0.2, 0) is 5.75 Å². The van der Waals surface area contributed by atoms with Crippen LogP contribution in [0.2, 0.25) is 0 Å². The van der Waals surface area contributed by atoms with E-state index < -0.39 is 0 Å². The summed E-state index contributed by atoms with van der Waals surface area (Å²) >= 11 is 1.72. The molecule has 2 N–H and O–H groups in total. The topological polar surface area (TPSA) is 68.2 Å². The molecule has 2 rings (SSSR count). The van der Waals surface area contributed by atoms with Crippen molar-refractivity contribution in [2.24, 2.45) is 0 Å². The molecule has 0 radical (unpaired) electrons. The third-order valence-electron chi connectivity index (χ3n) is 4.82. The third-order valence-corrected chi connectivity index (χ3v) is 5.83. The van der Waals surface area contributed by atoms with Crippen LogP contribution in [0.25, 0.3) is 0 Å². The van der Waals surface area contributed by atoms with Gasteiger partial charge in [-0.1, -0.05) is 24.6 Å². The molecule has 0 saturated carbocycles. The molecule has 1 saturated heterocycles. The molecule has 0 aromatic heterocycles. The third kappa shape index (κ3) is 6.54. The Morgan fingerprint density at radius 1 is 1.23 bits per heavy atom. The van der Waals surface area contributed by atoms with Crippen molar-refractivity contribution in [3.05, 3.63) is 35.4 Å². The van der Waals surface area contributed by atoms with Crippen molar-refractivity contribution in [1.82, 2.24) is 15.5 Å². The predicted octanol–water partition coefficient (Wildman–Crippen LogP) is 3.36. The zero-order chi connectivity index (χ0) is 18.8. The van der Waals surface area contributed by atoms with Gasteiger partial charge in [0.15, 0.2) is 0 Å². The summed E-state index contributed by atoms with van der Waals surface area (Å²) in [5.74, 6) is 1.61. The Balaban J connectivity index is 1.61. The number of likely N-dealkylation sites (tertiary alicyclic amines) is 1. The van der Waals surface area contributed by atoms with Crippen LogP contribution in [0.3, 0.4) is 0 Å². The van der Waals surface area contributed by atoms with Gasteiger partial charge in [0, 0.05) is 30.1 Å². The lowest BCUT2D eigenvalue weighted by Crippen LogP contribution is -2.54. The number of rotatable bonds is 8. The number of carbonyl (C=O) groups excluding carboxylic acids is 1. The van der Waals surface area contributed by atoms with Crippen molar-refractivity contribution < 1.29 is 4.79 Å². The van der Waals surface area contributed by atoms with Gasteiger partial charge in [0.05, 0.1) is 11.6 Å². The average Bonchev–Trinajstić information content (AvgIpc) is 2.67. The summed E-state index contributed by atoms with van der Waals surface area (Å²) in [6.07, 6.45) is 3.82. The van der Waals surface area contributed by atoms with Gasteiger partial charge < -0.3 is 10.6 Å². The summed E-state index contributed by atoms with van der Waals surface area (Å²) in [4.78, 5) is 14.5.